The van der Waals surface area contributed by atoms with Gasteiger partial charge < -0.3 is 14.5 Å². The average Bonchev–Trinajstić information content (AvgIpc) is 2.52. The Balaban J connectivity index is 2.73. The van der Waals surface area contributed by atoms with Crippen LogP contribution in [-0.4, -0.2) is 17.2 Å². The lowest BCUT2D eigenvalue weighted by Crippen LogP contribution is -2.32. The van der Waals surface area contributed by atoms with E-state index in [1.807, 2.05) is 0 Å². The van der Waals surface area contributed by atoms with Gasteiger partial charge in [-0.2, -0.15) is 0 Å². The molecule has 2 N–H and O–H groups in total. The summed E-state index contributed by atoms with van der Waals surface area (Å²) in [6.07, 6.45) is 1.35. The molecule has 1 aromatic heterocycles. The molecular weight excluding hydrogens is 174 g/mol. The average molecular weight is 180 g/mol. The largest absolute Gasteiger partial charge is 0.491 e. The highest BCUT2D eigenvalue weighted by molar-refractivity contribution is 6.59. The molecule has 0 aliphatic carbocycles. The minimum Gasteiger partial charge on any atom is -0.464 e. The number of furan rings is 1. The molecule has 13 heavy (non-hydrogen) atoms. The van der Waals surface area contributed by atoms with Gasteiger partial charge in [0.25, 0.3) is 0 Å². The first kappa shape index (κ1) is 8.28. The molecule has 0 fully saturated rings. The molecular formula is C8H6BFO3. The van der Waals surface area contributed by atoms with Crippen molar-refractivity contribution < 1.29 is 18.9 Å². The van der Waals surface area contributed by atoms with Crippen LogP contribution in [0.4, 0.5) is 4.39 Å². The van der Waals surface area contributed by atoms with Crippen LogP contribution in [0.15, 0.2) is 28.9 Å². The van der Waals surface area contributed by atoms with Crippen molar-refractivity contribution in [3.05, 3.63) is 30.3 Å². The van der Waals surface area contributed by atoms with E-state index in [-0.39, 0.29) is 10.8 Å². The molecule has 66 valence electrons. The first-order valence-electron chi connectivity index (χ1n) is 3.72. The summed E-state index contributed by atoms with van der Waals surface area (Å²) in [5, 5.41) is 17.8. The summed E-state index contributed by atoms with van der Waals surface area (Å²) in [5.74, 6) is -0.652. The zero-order valence-corrected chi connectivity index (χ0v) is 6.57. The maximum absolute atomic E-state index is 13.4. The first-order valence-corrected chi connectivity index (χ1v) is 3.72. The lowest BCUT2D eigenvalue weighted by Gasteiger charge is -2.00. The molecule has 2 aromatic rings. The SMILES string of the molecule is OB(O)c1ccc2occc2c1F. The lowest BCUT2D eigenvalue weighted by atomic mass is 9.79. The molecule has 0 unspecified atom stereocenters. The second-order valence-corrected chi connectivity index (χ2v) is 2.67. The third kappa shape index (κ3) is 1.22. The van der Waals surface area contributed by atoms with Crippen molar-refractivity contribution >= 4 is 23.6 Å². The van der Waals surface area contributed by atoms with Crippen LogP contribution < -0.4 is 5.46 Å². The molecule has 0 saturated heterocycles. The number of halogens is 1. The van der Waals surface area contributed by atoms with Gasteiger partial charge in [-0.1, -0.05) is 6.07 Å². The summed E-state index contributed by atoms with van der Waals surface area (Å²) in [5.41, 5.74) is 0.246. The number of hydrogen-bond acceptors (Lipinski definition) is 3. The molecule has 0 bridgehead atoms. The van der Waals surface area contributed by atoms with Crippen LogP contribution >= 0.6 is 0 Å². The van der Waals surface area contributed by atoms with Crippen molar-refractivity contribution in [3.63, 3.8) is 0 Å². The van der Waals surface area contributed by atoms with E-state index in [0.29, 0.717) is 5.58 Å². The normalized spacial score (nSPS) is 10.7. The van der Waals surface area contributed by atoms with Crippen LogP contribution in [0.25, 0.3) is 11.0 Å². The van der Waals surface area contributed by atoms with Crippen molar-refractivity contribution in [1.29, 1.82) is 0 Å². The zero-order valence-electron chi connectivity index (χ0n) is 6.57. The van der Waals surface area contributed by atoms with Gasteiger partial charge in [0.05, 0.1) is 11.6 Å². The first-order chi connectivity index (χ1) is 6.20. The van der Waals surface area contributed by atoms with Crippen LogP contribution in [-0.2, 0) is 0 Å². The van der Waals surface area contributed by atoms with E-state index in [1.54, 1.807) is 0 Å². The Labute approximate surface area is 73.6 Å². The second-order valence-electron chi connectivity index (χ2n) is 2.67. The number of benzene rings is 1. The van der Waals surface area contributed by atoms with E-state index in [1.165, 1.54) is 24.5 Å². The van der Waals surface area contributed by atoms with Crippen molar-refractivity contribution in [1.82, 2.24) is 0 Å². The summed E-state index contributed by atoms with van der Waals surface area (Å²) in [6.45, 7) is 0. The van der Waals surface area contributed by atoms with E-state index in [2.05, 4.69) is 0 Å². The van der Waals surface area contributed by atoms with Crippen LogP contribution in [0.5, 0.6) is 0 Å². The fraction of sp³-hybridized carbons (Fsp3) is 0. The summed E-state index contributed by atoms with van der Waals surface area (Å²) < 4.78 is 18.3. The van der Waals surface area contributed by atoms with E-state index in [4.69, 9.17) is 14.5 Å². The molecule has 0 atom stereocenters. The highest BCUT2D eigenvalue weighted by atomic mass is 19.1. The molecule has 3 nitrogen and oxygen atoms in total. The molecule has 0 radical (unpaired) electrons. The highest BCUT2D eigenvalue weighted by Crippen LogP contribution is 2.16. The van der Waals surface area contributed by atoms with E-state index < -0.39 is 12.9 Å². The van der Waals surface area contributed by atoms with Gasteiger partial charge in [-0.05, 0) is 12.1 Å². The maximum atomic E-state index is 13.4. The van der Waals surface area contributed by atoms with Crippen molar-refractivity contribution in [3.8, 4) is 0 Å². The Hall–Kier alpha value is -1.33. The summed E-state index contributed by atoms with van der Waals surface area (Å²) >= 11 is 0. The summed E-state index contributed by atoms with van der Waals surface area (Å²) in [6, 6.07) is 4.22. The third-order valence-corrected chi connectivity index (χ3v) is 1.88. The fourth-order valence-corrected chi connectivity index (χ4v) is 1.22. The van der Waals surface area contributed by atoms with Crippen LogP contribution in [0.3, 0.4) is 0 Å². The van der Waals surface area contributed by atoms with Gasteiger partial charge in [0, 0.05) is 5.46 Å². The molecule has 5 heteroatoms. The lowest BCUT2D eigenvalue weighted by molar-refractivity contribution is 0.423. The Morgan fingerprint density at radius 2 is 2.00 bits per heavy atom. The smallest absolute Gasteiger partial charge is 0.464 e. The number of rotatable bonds is 1. The topological polar surface area (TPSA) is 53.6 Å². The van der Waals surface area contributed by atoms with Gasteiger partial charge in [0.2, 0.25) is 0 Å². The van der Waals surface area contributed by atoms with Gasteiger partial charge in [0.15, 0.2) is 0 Å². The summed E-state index contributed by atoms with van der Waals surface area (Å²) in [7, 11) is -1.79. The predicted molar refractivity (Wildman–Crippen MR) is 46.0 cm³/mol. The predicted octanol–water partition coefficient (Wildman–Crippen LogP) is 0.252. The number of hydrogen-bond donors (Lipinski definition) is 2. The van der Waals surface area contributed by atoms with Gasteiger partial charge in [-0.25, -0.2) is 4.39 Å². The minimum atomic E-state index is -1.79. The van der Waals surface area contributed by atoms with Gasteiger partial charge in [-0.15, -0.1) is 0 Å². The van der Waals surface area contributed by atoms with Crippen molar-refractivity contribution in [2.24, 2.45) is 0 Å². The van der Waals surface area contributed by atoms with E-state index >= 15 is 0 Å². The zero-order chi connectivity index (χ0) is 9.42. The molecule has 1 aromatic carbocycles. The molecule has 0 amide bonds. The molecule has 0 spiro atoms. The monoisotopic (exact) mass is 180 g/mol. The number of fused-ring (bicyclic) bond motifs is 1. The standard InChI is InChI=1S/C8H6BFO3/c10-8-5-3-4-13-7(5)2-1-6(8)9(11)12/h1-4,11-12H. The van der Waals surface area contributed by atoms with Crippen LogP contribution in [0.1, 0.15) is 0 Å². The summed E-state index contributed by atoms with van der Waals surface area (Å²) in [4.78, 5) is 0. The molecule has 1 heterocycles. The van der Waals surface area contributed by atoms with E-state index in [9.17, 15) is 4.39 Å². The highest BCUT2D eigenvalue weighted by Gasteiger charge is 2.18. The molecule has 2 rings (SSSR count). The fourth-order valence-electron chi connectivity index (χ4n) is 1.22. The maximum Gasteiger partial charge on any atom is 0.491 e. The Morgan fingerprint density at radius 1 is 1.23 bits per heavy atom. The van der Waals surface area contributed by atoms with Crippen LogP contribution in [0, 0.1) is 5.82 Å². The van der Waals surface area contributed by atoms with Crippen LogP contribution in [0.2, 0.25) is 0 Å². The Kier molecular flexibility index (Phi) is 1.83. The van der Waals surface area contributed by atoms with E-state index in [0.717, 1.165) is 0 Å². The molecule has 0 saturated carbocycles. The van der Waals surface area contributed by atoms with Gasteiger partial charge in [0.1, 0.15) is 11.4 Å². The van der Waals surface area contributed by atoms with Gasteiger partial charge >= 0.3 is 7.12 Å². The molecule has 0 aliphatic rings. The van der Waals surface area contributed by atoms with Crippen molar-refractivity contribution in [2.75, 3.05) is 0 Å². The minimum absolute atomic E-state index is 0.145. The second kappa shape index (κ2) is 2.87. The Morgan fingerprint density at radius 3 is 2.69 bits per heavy atom. The third-order valence-electron chi connectivity index (χ3n) is 1.88. The Bertz CT molecular complexity index is 438. The quantitative estimate of drug-likeness (QED) is 0.618. The van der Waals surface area contributed by atoms with Crippen molar-refractivity contribution in [2.45, 2.75) is 0 Å². The molecule has 0 aliphatic heterocycles. The van der Waals surface area contributed by atoms with Gasteiger partial charge in [-0.3, -0.25) is 0 Å².